The van der Waals surface area contributed by atoms with Gasteiger partial charge in [-0.2, -0.15) is 0 Å². The monoisotopic (exact) mass is 347 g/mol. The second-order valence-electron chi connectivity index (χ2n) is 6.62. The van der Waals surface area contributed by atoms with Crippen molar-refractivity contribution in [2.75, 3.05) is 45.7 Å². The second kappa shape index (κ2) is 9.53. The third kappa shape index (κ3) is 5.54. The lowest BCUT2D eigenvalue weighted by Crippen LogP contribution is -2.50. The van der Waals surface area contributed by atoms with Crippen LogP contribution in [0.15, 0.2) is 30.3 Å². The molecule has 0 aliphatic carbocycles. The van der Waals surface area contributed by atoms with Crippen LogP contribution < -0.4 is 5.32 Å². The number of methoxy groups -OCH3 is 1. The van der Waals surface area contributed by atoms with E-state index in [1.54, 1.807) is 12.0 Å². The highest BCUT2D eigenvalue weighted by Crippen LogP contribution is 2.21. The number of likely N-dealkylation sites (N-methyl/N-ethyl adjacent to an activating group) is 1. The Balaban J connectivity index is 1.90. The van der Waals surface area contributed by atoms with Crippen LogP contribution in [0.3, 0.4) is 0 Å². The molecule has 1 N–H and O–H groups in total. The van der Waals surface area contributed by atoms with Crippen molar-refractivity contribution in [2.45, 2.75) is 25.8 Å². The van der Waals surface area contributed by atoms with Crippen molar-refractivity contribution < 1.29 is 14.3 Å². The number of nitrogens with one attached hydrogen (secondary N) is 1. The lowest BCUT2D eigenvalue weighted by Gasteiger charge is -2.36. The Morgan fingerprint density at radius 1 is 1.36 bits per heavy atom. The van der Waals surface area contributed by atoms with Crippen LogP contribution in [-0.4, -0.2) is 68.1 Å². The molecule has 1 aromatic carbocycles. The first kappa shape index (κ1) is 19.4. The largest absolute Gasteiger partial charge is 0.383 e. The number of rotatable bonds is 7. The average molecular weight is 347 g/mol. The summed E-state index contributed by atoms with van der Waals surface area (Å²) in [4.78, 5) is 28.9. The molecule has 0 spiro atoms. The number of piperidine rings is 1. The van der Waals surface area contributed by atoms with E-state index in [0.717, 1.165) is 25.1 Å². The van der Waals surface area contributed by atoms with Gasteiger partial charge in [-0.05, 0) is 38.4 Å². The number of carbonyl (C=O) groups excluding carboxylic acids is 2. The predicted octanol–water partition coefficient (Wildman–Crippen LogP) is 1.83. The molecule has 1 aliphatic rings. The minimum atomic E-state index is -0.264. The molecule has 1 aliphatic heterocycles. The quantitative estimate of drug-likeness (QED) is 0.817. The van der Waals surface area contributed by atoms with Crippen LogP contribution in [0.25, 0.3) is 0 Å². The molecular formula is C19H29N3O3. The van der Waals surface area contributed by atoms with Gasteiger partial charge in [0.15, 0.2) is 0 Å². The number of ether oxygens (including phenoxy) is 1. The Morgan fingerprint density at radius 3 is 2.76 bits per heavy atom. The summed E-state index contributed by atoms with van der Waals surface area (Å²) < 4.78 is 5.04. The highest BCUT2D eigenvalue weighted by molar-refractivity contribution is 5.94. The minimum Gasteiger partial charge on any atom is -0.383 e. The Hall–Kier alpha value is -1.92. The summed E-state index contributed by atoms with van der Waals surface area (Å²) in [5.41, 5.74) is 0.795. The van der Waals surface area contributed by atoms with E-state index in [0.29, 0.717) is 19.7 Å². The zero-order valence-corrected chi connectivity index (χ0v) is 15.4. The van der Waals surface area contributed by atoms with Crippen LogP contribution in [0, 0.1) is 5.92 Å². The molecule has 2 atom stereocenters. The summed E-state index contributed by atoms with van der Waals surface area (Å²) in [7, 11) is 3.44. The zero-order chi connectivity index (χ0) is 18.2. The second-order valence-corrected chi connectivity index (χ2v) is 6.62. The molecule has 1 heterocycles. The van der Waals surface area contributed by atoms with E-state index in [9.17, 15) is 9.59 Å². The normalized spacial score (nSPS) is 19.2. The number of benzene rings is 1. The van der Waals surface area contributed by atoms with Crippen LogP contribution in [0.1, 0.15) is 19.8 Å². The van der Waals surface area contributed by atoms with Crippen molar-refractivity contribution in [1.82, 2.24) is 9.80 Å². The number of carbonyl (C=O) groups is 2. The number of hydrogen-bond donors (Lipinski definition) is 1. The van der Waals surface area contributed by atoms with E-state index in [1.165, 1.54) is 0 Å². The first-order valence-electron chi connectivity index (χ1n) is 8.86. The number of hydrogen-bond acceptors (Lipinski definition) is 4. The van der Waals surface area contributed by atoms with E-state index in [2.05, 4.69) is 10.2 Å². The van der Waals surface area contributed by atoms with Crippen LogP contribution in [0.4, 0.5) is 5.69 Å². The molecule has 25 heavy (non-hydrogen) atoms. The van der Waals surface area contributed by atoms with Crippen molar-refractivity contribution >= 4 is 17.5 Å². The average Bonchev–Trinajstić information content (AvgIpc) is 2.65. The fourth-order valence-electron chi connectivity index (χ4n) is 3.14. The Bertz CT molecular complexity index is 564. The lowest BCUT2D eigenvalue weighted by atomic mass is 9.95. The molecule has 0 radical (unpaired) electrons. The van der Waals surface area contributed by atoms with E-state index in [4.69, 9.17) is 4.74 Å². The number of amides is 2. The number of likely N-dealkylation sites (tertiary alicyclic amines) is 1. The maximum atomic E-state index is 12.6. The fraction of sp³-hybridized carbons (Fsp3) is 0.579. The summed E-state index contributed by atoms with van der Waals surface area (Å²) in [6.45, 7) is 4.50. The minimum absolute atomic E-state index is 0.0352. The van der Waals surface area contributed by atoms with E-state index in [1.807, 2.05) is 44.3 Å². The number of para-hydroxylation sites is 1. The van der Waals surface area contributed by atoms with Crippen molar-refractivity contribution in [3.63, 3.8) is 0 Å². The molecule has 1 aromatic rings. The molecule has 6 nitrogen and oxygen atoms in total. The van der Waals surface area contributed by atoms with Gasteiger partial charge in [-0.15, -0.1) is 0 Å². The molecule has 1 fully saturated rings. The third-order valence-electron chi connectivity index (χ3n) is 4.78. The smallest absolute Gasteiger partial charge is 0.241 e. The summed E-state index contributed by atoms with van der Waals surface area (Å²) in [5, 5.41) is 2.94. The first-order chi connectivity index (χ1) is 12.0. The van der Waals surface area contributed by atoms with Gasteiger partial charge in [0.05, 0.1) is 18.6 Å². The highest BCUT2D eigenvalue weighted by atomic mass is 16.5. The summed E-state index contributed by atoms with van der Waals surface area (Å²) in [5.74, 6) is 0.0482. The number of nitrogens with zero attached hydrogens (tertiary/aromatic N) is 2. The standard InChI is InChI=1S/C19H29N3O3/c1-15(18(23)20-17-9-5-4-6-10-17)22-11-7-8-16(14-22)19(24)21(2)12-13-25-3/h4-6,9-10,15-16H,7-8,11-14H2,1-3H3,(H,20,23)/t15-,16+/m1/s1. The molecule has 0 saturated carbocycles. The van der Waals surface area contributed by atoms with Crippen molar-refractivity contribution in [3.8, 4) is 0 Å². The molecule has 2 amide bonds. The molecule has 0 unspecified atom stereocenters. The van der Waals surface area contributed by atoms with Gasteiger partial charge in [0.1, 0.15) is 0 Å². The maximum Gasteiger partial charge on any atom is 0.241 e. The SMILES string of the molecule is COCCN(C)C(=O)[C@H]1CCCN([C@H](C)C(=O)Nc2ccccc2)C1. The molecule has 138 valence electrons. The molecule has 0 aromatic heterocycles. The summed E-state index contributed by atoms with van der Waals surface area (Å²) in [6.07, 6.45) is 1.80. The third-order valence-corrected chi connectivity index (χ3v) is 4.78. The molecule has 2 rings (SSSR count). The van der Waals surface area contributed by atoms with Gasteiger partial charge in [-0.3, -0.25) is 14.5 Å². The molecule has 6 heteroatoms. The van der Waals surface area contributed by atoms with Crippen LogP contribution >= 0.6 is 0 Å². The Morgan fingerprint density at radius 2 is 2.08 bits per heavy atom. The Labute approximate surface area is 150 Å². The van der Waals surface area contributed by atoms with E-state index in [-0.39, 0.29) is 23.8 Å². The van der Waals surface area contributed by atoms with Gasteiger partial charge in [-0.25, -0.2) is 0 Å². The number of anilines is 1. The summed E-state index contributed by atoms with van der Waals surface area (Å²) >= 11 is 0. The van der Waals surface area contributed by atoms with Gasteiger partial charge in [0.25, 0.3) is 0 Å². The van der Waals surface area contributed by atoms with Crippen molar-refractivity contribution in [3.05, 3.63) is 30.3 Å². The maximum absolute atomic E-state index is 12.6. The van der Waals surface area contributed by atoms with Crippen LogP contribution in [0.5, 0.6) is 0 Å². The van der Waals surface area contributed by atoms with Crippen molar-refractivity contribution in [1.29, 1.82) is 0 Å². The predicted molar refractivity (Wildman–Crippen MR) is 98.3 cm³/mol. The molecule has 0 bridgehead atoms. The lowest BCUT2D eigenvalue weighted by molar-refractivity contribution is -0.137. The van der Waals surface area contributed by atoms with Gasteiger partial charge < -0.3 is 15.0 Å². The van der Waals surface area contributed by atoms with E-state index < -0.39 is 0 Å². The van der Waals surface area contributed by atoms with E-state index >= 15 is 0 Å². The fourth-order valence-corrected chi connectivity index (χ4v) is 3.14. The first-order valence-corrected chi connectivity index (χ1v) is 8.86. The van der Waals surface area contributed by atoms with Gasteiger partial charge in [0.2, 0.25) is 11.8 Å². The van der Waals surface area contributed by atoms with Crippen molar-refractivity contribution in [2.24, 2.45) is 5.92 Å². The summed E-state index contributed by atoms with van der Waals surface area (Å²) in [6, 6.07) is 9.19. The van der Waals surface area contributed by atoms with Crippen LogP contribution in [-0.2, 0) is 14.3 Å². The van der Waals surface area contributed by atoms with Crippen LogP contribution in [0.2, 0.25) is 0 Å². The molecular weight excluding hydrogens is 318 g/mol. The Kier molecular flexibility index (Phi) is 7.40. The highest BCUT2D eigenvalue weighted by Gasteiger charge is 2.32. The zero-order valence-electron chi connectivity index (χ0n) is 15.4. The van der Waals surface area contributed by atoms with Gasteiger partial charge in [0, 0.05) is 32.9 Å². The van der Waals surface area contributed by atoms with Gasteiger partial charge in [-0.1, -0.05) is 18.2 Å². The molecule has 1 saturated heterocycles. The van der Waals surface area contributed by atoms with Gasteiger partial charge >= 0.3 is 0 Å². The topological polar surface area (TPSA) is 61.9 Å².